The van der Waals surface area contributed by atoms with Crippen molar-refractivity contribution in [2.75, 3.05) is 13.1 Å². The molecule has 1 fully saturated rings. The molecule has 1 heterocycles. The molecule has 0 saturated carbocycles. The molecule has 1 saturated heterocycles. The van der Waals surface area contributed by atoms with E-state index < -0.39 is 33.6 Å². The molecule has 164 valence electrons. The number of nitrogens with one attached hydrogen (secondary N) is 1. The van der Waals surface area contributed by atoms with E-state index in [9.17, 15) is 27.3 Å². The zero-order chi connectivity index (χ0) is 22.8. The monoisotopic (exact) mass is 447 g/mol. The predicted octanol–water partition coefficient (Wildman–Crippen LogP) is 3.63. The quantitative estimate of drug-likeness (QED) is 0.758. The van der Waals surface area contributed by atoms with Crippen molar-refractivity contribution < 1.29 is 22.0 Å². The summed E-state index contributed by atoms with van der Waals surface area (Å²) < 4.78 is 54.7. The highest BCUT2D eigenvalue weighted by Crippen LogP contribution is 2.27. The molecule has 0 radical (unpaired) electrons. The van der Waals surface area contributed by atoms with Gasteiger partial charge in [-0.1, -0.05) is 26.0 Å². The van der Waals surface area contributed by atoms with Crippen LogP contribution in [0.4, 0.5) is 8.78 Å². The summed E-state index contributed by atoms with van der Waals surface area (Å²) in [6, 6.07) is 8.60. The van der Waals surface area contributed by atoms with Crippen molar-refractivity contribution in [1.29, 1.82) is 5.26 Å². The Hall–Kier alpha value is -2.83. The molecule has 9 heteroatoms. The van der Waals surface area contributed by atoms with Crippen LogP contribution in [0, 0.1) is 34.8 Å². The third kappa shape index (κ3) is 5.09. The minimum Gasteiger partial charge on any atom is -0.332 e. The normalized spacial score (nSPS) is 20.6. The van der Waals surface area contributed by atoms with Gasteiger partial charge in [0.15, 0.2) is 0 Å². The van der Waals surface area contributed by atoms with Crippen molar-refractivity contribution in [1.82, 2.24) is 9.62 Å². The summed E-state index contributed by atoms with van der Waals surface area (Å²) in [5.41, 5.74) is -0.167. The Morgan fingerprint density at radius 1 is 1.16 bits per heavy atom. The molecule has 6 nitrogen and oxygen atoms in total. The van der Waals surface area contributed by atoms with Crippen molar-refractivity contribution in [2.24, 2.45) is 11.8 Å². The van der Waals surface area contributed by atoms with E-state index in [1.165, 1.54) is 28.6 Å². The molecule has 1 amide bonds. The van der Waals surface area contributed by atoms with Gasteiger partial charge in [-0.05, 0) is 42.5 Å². The first kappa shape index (κ1) is 22.8. The summed E-state index contributed by atoms with van der Waals surface area (Å²) in [7, 11) is -3.79. The predicted molar refractivity (Wildman–Crippen MR) is 110 cm³/mol. The van der Waals surface area contributed by atoms with Crippen molar-refractivity contribution in [3.05, 3.63) is 65.2 Å². The van der Waals surface area contributed by atoms with E-state index in [2.05, 4.69) is 5.32 Å². The van der Waals surface area contributed by atoms with Crippen LogP contribution in [0.3, 0.4) is 0 Å². The molecule has 0 spiro atoms. The molecule has 3 rings (SSSR count). The minimum absolute atomic E-state index is 0.0157. The fourth-order valence-corrected chi connectivity index (χ4v) is 5.60. The van der Waals surface area contributed by atoms with Gasteiger partial charge in [0.25, 0.3) is 5.91 Å². The molecule has 31 heavy (non-hydrogen) atoms. The van der Waals surface area contributed by atoms with E-state index in [1.807, 2.05) is 13.8 Å². The molecule has 0 bridgehead atoms. The van der Waals surface area contributed by atoms with Crippen LogP contribution in [0.2, 0.25) is 0 Å². The van der Waals surface area contributed by atoms with E-state index in [-0.39, 0.29) is 27.9 Å². The maximum absolute atomic E-state index is 14.0. The van der Waals surface area contributed by atoms with Crippen molar-refractivity contribution >= 4 is 15.9 Å². The SMILES string of the molecule is CC1CC(C)CN(S(=O)(=O)c2cccc(C(=O)NC(C#N)c3ccc(F)cc3F)c2)C1. The lowest BCUT2D eigenvalue weighted by Crippen LogP contribution is -2.42. The largest absolute Gasteiger partial charge is 0.332 e. The summed E-state index contributed by atoms with van der Waals surface area (Å²) in [6.45, 7) is 4.81. The van der Waals surface area contributed by atoms with Gasteiger partial charge in [-0.3, -0.25) is 4.79 Å². The zero-order valence-electron chi connectivity index (χ0n) is 17.2. The van der Waals surface area contributed by atoms with Gasteiger partial charge < -0.3 is 5.32 Å². The number of rotatable bonds is 5. The first-order valence-corrected chi connectivity index (χ1v) is 11.3. The number of nitrogens with zero attached hydrogens (tertiary/aromatic N) is 2. The number of nitriles is 1. The number of hydrogen-bond acceptors (Lipinski definition) is 4. The van der Waals surface area contributed by atoms with Crippen LogP contribution < -0.4 is 5.32 Å². The van der Waals surface area contributed by atoms with Crippen LogP contribution in [0.15, 0.2) is 47.4 Å². The van der Waals surface area contributed by atoms with Crippen LogP contribution in [-0.2, 0) is 10.0 Å². The van der Waals surface area contributed by atoms with Crippen molar-refractivity contribution in [3.63, 3.8) is 0 Å². The van der Waals surface area contributed by atoms with Crippen molar-refractivity contribution in [3.8, 4) is 6.07 Å². The number of hydrogen-bond donors (Lipinski definition) is 1. The average molecular weight is 448 g/mol. The van der Waals surface area contributed by atoms with Crippen LogP contribution in [0.1, 0.15) is 42.2 Å². The average Bonchev–Trinajstić information content (AvgIpc) is 2.71. The summed E-state index contributed by atoms with van der Waals surface area (Å²) in [4.78, 5) is 12.6. The van der Waals surface area contributed by atoms with E-state index in [4.69, 9.17) is 0 Å². The maximum Gasteiger partial charge on any atom is 0.252 e. The van der Waals surface area contributed by atoms with Crippen molar-refractivity contribution in [2.45, 2.75) is 31.2 Å². The molecule has 2 aromatic carbocycles. The Labute approximate surface area is 180 Å². The fourth-order valence-electron chi connectivity index (χ4n) is 3.88. The maximum atomic E-state index is 14.0. The number of piperidine rings is 1. The highest BCUT2D eigenvalue weighted by Gasteiger charge is 2.32. The molecule has 2 aromatic rings. The zero-order valence-corrected chi connectivity index (χ0v) is 18.0. The smallest absolute Gasteiger partial charge is 0.252 e. The van der Waals surface area contributed by atoms with E-state index in [0.717, 1.165) is 18.6 Å². The molecular weight excluding hydrogens is 424 g/mol. The summed E-state index contributed by atoms with van der Waals surface area (Å²) in [6.07, 6.45) is 0.948. The molecule has 3 unspecified atom stereocenters. The highest BCUT2D eigenvalue weighted by atomic mass is 32.2. The van der Waals surface area contributed by atoms with E-state index >= 15 is 0 Å². The summed E-state index contributed by atoms with van der Waals surface area (Å²) in [5.74, 6) is -2.05. The molecule has 0 aliphatic carbocycles. The number of amides is 1. The first-order chi connectivity index (χ1) is 14.6. The Kier molecular flexibility index (Phi) is 6.72. The Morgan fingerprint density at radius 3 is 2.45 bits per heavy atom. The molecular formula is C22H23F2N3O3S. The third-order valence-corrected chi connectivity index (χ3v) is 7.08. The Morgan fingerprint density at radius 2 is 1.84 bits per heavy atom. The van der Waals surface area contributed by atoms with Gasteiger partial charge in [-0.2, -0.15) is 9.57 Å². The lowest BCUT2D eigenvalue weighted by molar-refractivity contribution is 0.0944. The number of carbonyl (C=O) groups is 1. The number of carbonyl (C=O) groups excluding carboxylic acids is 1. The van der Waals surface area contributed by atoms with Gasteiger partial charge in [0.2, 0.25) is 10.0 Å². The first-order valence-electron chi connectivity index (χ1n) is 9.87. The Balaban J connectivity index is 1.83. The number of benzene rings is 2. The van der Waals surface area contributed by atoms with Gasteiger partial charge in [0, 0.05) is 30.3 Å². The second-order valence-corrected chi connectivity index (χ2v) is 9.94. The fraction of sp³-hybridized carbons (Fsp3) is 0.364. The van der Waals surface area contributed by atoms with Gasteiger partial charge in [-0.25, -0.2) is 17.2 Å². The van der Waals surface area contributed by atoms with Crippen LogP contribution >= 0.6 is 0 Å². The van der Waals surface area contributed by atoms with Crippen LogP contribution in [0.5, 0.6) is 0 Å². The Bertz CT molecular complexity index is 1120. The van der Waals surface area contributed by atoms with Crippen LogP contribution in [-0.4, -0.2) is 31.7 Å². The van der Waals surface area contributed by atoms with Gasteiger partial charge in [0.05, 0.1) is 11.0 Å². The molecule has 1 N–H and O–H groups in total. The van der Waals surface area contributed by atoms with Gasteiger partial charge in [-0.15, -0.1) is 0 Å². The molecule has 3 atom stereocenters. The van der Waals surface area contributed by atoms with E-state index in [1.54, 1.807) is 6.07 Å². The molecule has 1 aliphatic rings. The number of sulfonamides is 1. The van der Waals surface area contributed by atoms with Gasteiger partial charge in [0.1, 0.15) is 17.7 Å². The summed E-state index contributed by atoms with van der Waals surface area (Å²) in [5, 5.41) is 11.7. The van der Waals surface area contributed by atoms with Crippen LogP contribution in [0.25, 0.3) is 0 Å². The van der Waals surface area contributed by atoms with Gasteiger partial charge >= 0.3 is 0 Å². The highest BCUT2D eigenvalue weighted by molar-refractivity contribution is 7.89. The standard InChI is InChI=1S/C22H23F2N3O3S/c1-14-8-15(2)13-27(12-14)31(29,30)18-5-3-4-16(9-18)22(28)26-21(11-25)19-7-6-17(23)10-20(19)24/h3-7,9-10,14-15,21H,8,12-13H2,1-2H3,(H,26,28). The third-order valence-electron chi connectivity index (χ3n) is 5.25. The second kappa shape index (κ2) is 9.12. The minimum atomic E-state index is -3.79. The summed E-state index contributed by atoms with van der Waals surface area (Å²) >= 11 is 0. The topological polar surface area (TPSA) is 90.3 Å². The number of halogens is 2. The molecule has 1 aliphatic heterocycles. The molecule has 0 aromatic heterocycles. The lowest BCUT2D eigenvalue weighted by Gasteiger charge is -2.34. The van der Waals surface area contributed by atoms with E-state index in [0.29, 0.717) is 19.2 Å². The lowest BCUT2D eigenvalue weighted by atomic mass is 9.94. The second-order valence-electron chi connectivity index (χ2n) is 8.00.